The van der Waals surface area contributed by atoms with E-state index in [1.807, 2.05) is 10.9 Å². The van der Waals surface area contributed by atoms with Crippen LogP contribution in [0.2, 0.25) is 0 Å². The van der Waals surface area contributed by atoms with Gasteiger partial charge in [-0.25, -0.2) is 4.98 Å². The maximum atomic E-state index is 5.48. The lowest BCUT2D eigenvalue weighted by molar-refractivity contribution is 0.448. The van der Waals surface area contributed by atoms with E-state index in [9.17, 15) is 0 Å². The Morgan fingerprint density at radius 3 is 2.81 bits per heavy atom. The van der Waals surface area contributed by atoms with Crippen molar-refractivity contribution in [1.29, 1.82) is 0 Å². The van der Waals surface area contributed by atoms with Crippen LogP contribution in [0.15, 0.2) is 12.5 Å². The Kier molecular flexibility index (Phi) is 6.11. The quantitative estimate of drug-likeness (QED) is 0.701. The highest BCUT2D eigenvalue weighted by atomic mass is 15.0. The van der Waals surface area contributed by atoms with Gasteiger partial charge in [0.1, 0.15) is 0 Å². The smallest absolute Gasteiger partial charge is 0.0950 e. The van der Waals surface area contributed by atoms with E-state index in [0.29, 0.717) is 6.54 Å². The van der Waals surface area contributed by atoms with Crippen LogP contribution >= 0.6 is 0 Å². The third-order valence-corrected chi connectivity index (χ3v) is 2.97. The zero-order valence-electron chi connectivity index (χ0n) is 10.4. The van der Waals surface area contributed by atoms with Gasteiger partial charge in [0.2, 0.25) is 0 Å². The maximum Gasteiger partial charge on any atom is 0.0950 e. The lowest BCUT2D eigenvalue weighted by atomic mass is 10.0. The molecule has 0 aliphatic heterocycles. The number of imidazole rings is 1. The van der Waals surface area contributed by atoms with Gasteiger partial charge < -0.3 is 15.6 Å². The molecule has 0 fully saturated rings. The van der Waals surface area contributed by atoms with E-state index in [2.05, 4.69) is 30.3 Å². The Balaban J connectivity index is 2.25. The van der Waals surface area contributed by atoms with Gasteiger partial charge in [-0.15, -0.1) is 0 Å². The molecule has 0 bridgehead atoms. The summed E-state index contributed by atoms with van der Waals surface area (Å²) in [4.78, 5) is 4.33. The third kappa shape index (κ3) is 4.33. The Hall–Kier alpha value is -0.870. The van der Waals surface area contributed by atoms with Crippen molar-refractivity contribution in [1.82, 2.24) is 14.9 Å². The van der Waals surface area contributed by atoms with Gasteiger partial charge in [-0.2, -0.15) is 0 Å². The second kappa shape index (κ2) is 7.41. The van der Waals surface area contributed by atoms with E-state index in [1.165, 1.54) is 12.8 Å². The molecule has 0 radical (unpaired) electrons. The van der Waals surface area contributed by atoms with Gasteiger partial charge in [-0.3, -0.25) is 0 Å². The summed E-state index contributed by atoms with van der Waals surface area (Å²) in [5, 5.41) is 3.45. The highest BCUT2D eigenvalue weighted by Gasteiger charge is 2.03. The second-order valence-electron chi connectivity index (χ2n) is 4.20. The van der Waals surface area contributed by atoms with Crippen LogP contribution in [0.5, 0.6) is 0 Å². The fraction of sp³-hybridized carbons (Fsp3) is 0.750. The number of nitrogens with one attached hydrogen (secondary N) is 1. The van der Waals surface area contributed by atoms with E-state index < -0.39 is 0 Å². The molecule has 0 saturated heterocycles. The summed E-state index contributed by atoms with van der Waals surface area (Å²) < 4.78 is 2.04. The van der Waals surface area contributed by atoms with Crippen LogP contribution in [-0.4, -0.2) is 22.6 Å². The second-order valence-corrected chi connectivity index (χ2v) is 4.20. The molecule has 1 aromatic rings. The SMILES string of the molecule is CCC(CC)CNCc1cn(CCN)cn1. The summed E-state index contributed by atoms with van der Waals surface area (Å²) in [6.45, 7) is 7.93. The normalized spacial score (nSPS) is 11.2. The molecule has 16 heavy (non-hydrogen) atoms. The van der Waals surface area contributed by atoms with Crippen molar-refractivity contribution in [3.05, 3.63) is 18.2 Å². The molecule has 1 heterocycles. The summed E-state index contributed by atoms with van der Waals surface area (Å²) in [5.74, 6) is 0.783. The first kappa shape index (κ1) is 13.2. The molecule has 3 N–H and O–H groups in total. The Morgan fingerprint density at radius 2 is 2.19 bits per heavy atom. The summed E-state index contributed by atoms with van der Waals surface area (Å²) in [7, 11) is 0. The number of aromatic nitrogens is 2. The standard InChI is InChI=1S/C12H24N4/c1-3-11(4-2)7-14-8-12-9-16(6-5-13)10-15-12/h9-11,14H,3-8,13H2,1-2H3. The maximum absolute atomic E-state index is 5.48. The predicted molar refractivity (Wildman–Crippen MR) is 67.1 cm³/mol. The van der Waals surface area contributed by atoms with Crippen LogP contribution in [0.25, 0.3) is 0 Å². The molecule has 4 heteroatoms. The van der Waals surface area contributed by atoms with Gasteiger partial charge in [-0.1, -0.05) is 26.7 Å². The predicted octanol–water partition coefficient (Wildman–Crippen LogP) is 1.37. The Bertz CT molecular complexity index is 278. The monoisotopic (exact) mass is 224 g/mol. The van der Waals surface area contributed by atoms with E-state index in [0.717, 1.165) is 31.2 Å². The van der Waals surface area contributed by atoms with Crippen molar-refractivity contribution in [2.24, 2.45) is 11.7 Å². The number of hydrogen-bond acceptors (Lipinski definition) is 3. The molecule has 1 aromatic heterocycles. The minimum atomic E-state index is 0.664. The number of nitrogens with zero attached hydrogens (tertiary/aromatic N) is 2. The molecule has 0 spiro atoms. The highest BCUT2D eigenvalue weighted by molar-refractivity contribution is 4.96. The molecule has 0 aromatic carbocycles. The van der Waals surface area contributed by atoms with Gasteiger partial charge in [0.25, 0.3) is 0 Å². The summed E-state index contributed by atoms with van der Waals surface area (Å²) in [6, 6.07) is 0. The van der Waals surface area contributed by atoms with E-state index in [4.69, 9.17) is 5.73 Å². The lowest BCUT2D eigenvalue weighted by Crippen LogP contribution is -2.21. The van der Waals surface area contributed by atoms with Crippen molar-refractivity contribution in [3.63, 3.8) is 0 Å². The zero-order valence-corrected chi connectivity index (χ0v) is 10.4. The van der Waals surface area contributed by atoms with Crippen LogP contribution in [0, 0.1) is 5.92 Å². The van der Waals surface area contributed by atoms with Crippen molar-refractivity contribution >= 4 is 0 Å². The lowest BCUT2D eigenvalue weighted by Gasteiger charge is -2.12. The van der Waals surface area contributed by atoms with Crippen molar-refractivity contribution in [2.75, 3.05) is 13.1 Å². The number of nitrogens with two attached hydrogens (primary N) is 1. The third-order valence-electron chi connectivity index (χ3n) is 2.97. The van der Waals surface area contributed by atoms with Gasteiger partial charge in [0.05, 0.1) is 12.0 Å². The highest BCUT2D eigenvalue weighted by Crippen LogP contribution is 2.05. The van der Waals surface area contributed by atoms with Gasteiger partial charge >= 0.3 is 0 Å². The molecule has 0 aliphatic carbocycles. The van der Waals surface area contributed by atoms with Gasteiger partial charge in [-0.05, 0) is 12.5 Å². The summed E-state index contributed by atoms with van der Waals surface area (Å²) >= 11 is 0. The van der Waals surface area contributed by atoms with E-state index in [-0.39, 0.29) is 0 Å². The molecular formula is C12H24N4. The van der Waals surface area contributed by atoms with Crippen LogP contribution in [-0.2, 0) is 13.1 Å². The molecule has 0 unspecified atom stereocenters. The Morgan fingerprint density at radius 1 is 1.44 bits per heavy atom. The minimum Gasteiger partial charge on any atom is -0.336 e. The number of hydrogen-bond donors (Lipinski definition) is 2. The molecular weight excluding hydrogens is 200 g/mol. The van der Waals surface area contributed by atoms with Gasteiger partial charge in [0.15, 0.2) is 0 Å². The zero-order chi connectivity index (χ0) is 11.8. The molecule has 1 rings (SSSR count). The van der Waals surface area contributed by atoms with Crippen LogP contribution < -0.4 is 11.1 Å². The average Bonchev–Trinajstić information content (AvgIpc) is 2.73. The average molecular weight is 224 g/mol. The largest absolute Gasteiger partial charge is 0.336 e. The Labute approximate surface area is 98.2 Å². The van der Waals surface area contributed by atoms with Crippen LogP contribution in [0.3, 0.4) is 0 Å². The van der Waals surface area contributed by atoms with Crippen LogP contribution in [0.4, 0.5) is 0 Å². The van der Waals surface area contributed by atoms with E-state index >= 15 is 0 Å². The van der Waals surface area contributed by atoms with E-state index in [1.54, 1.807) is 0 Å². The fourth-order valence-corrected chi connectivity index (χ4v) is 1.75. The molecule has 0 aliphatic rings. The number of rotatable bonds is 8. The van der Waals surface area contributed by atoms with Gasteiger partial charge in [0, 0.05) is 25.8 Å². The fourth-order valence-electron chi connectivity index (χ4n) is 1.75. The first-order valence-electron chi connectivity index (χ1n) is 6.21. The molecule has 4 nitrogen and oxygen atoms in total. The van der Waals surface area contributed by atoms with Crippen molar-refractivity contribution < 1.29 is 0 Å². The minimum absolute atomic E-state index is 0.664. The first-order chi connectivity index (χ1) is 7.80. The summed E-state index contributed by atoms with van der Waals surface area (Å²) in [6.07, 6.45) is 6.39. The summed E-state index contributed by atoms with van der Waals surface area (Å²) in [5.41, 5.74) is 6.58. The topological polar surface area (TPSA) is 55.9 Å². The molecule has 0 amide bonds. The molecule has 0 saturated carbocycles. The molecule has 92 valence electrons. The van der Waals surface area contributed by atoms with Crippen molar-refractivity contribution in [3.8, 4) is 0 Å². The first-order valence-corrected chi connectivity index (χ1v) is 6.21. The van der Waals surface area contributed by atoms with Crippen molar-refractivity contribution in [2.45, 2.75) is 39.8 Å². The van der Waals surface area contributed by atoms with Crippen LogP contribution in [0.1, 0.15) is 32.4 Å². The molecule has 0 atom stereocenters.